The maximum absolute atomic E-state index is 12.3. The van der Waals surface area contributed by atoms with E-state index in [1.807, 2.05) is 48.5 Å². The van der Waals surface area contributed by atoms with Gasteiger partial charge >= 0.3 is 6.03 Å². The van der Waals surface area contributed by atoms with Gasteiger partial charge in [0.1, 0.15) is 6.61 Å². The summed E-state index contributed by atoms with van der Waals surface area (Å²) in [5.74, 6) is -0.0667. The van der Waals surface area contributed by atoms with Crippen molar-refractivity contribution in [3.63, 3.8) is 0 Å². The smallest absolute Gasteiger partial charge is 0.319 e. The summed E-state index contributed by atoms with van der Waals surface area (Å²) in [7, 11) is 1.51. The number of nitrogens with zero attached hydrogens (tertiary/aromatic N) is 1. The minimum absolute atomic E-state index is 0.0526. The molecule has 3 amide bonds. The van der Waals surface area contributed by atoms with E-state index in [0.717, 1.165) is 30.5 Å². The first-order valence-corrected chi connectivity index (χ1v) is 9.18. The molecule has 27 heavy (non-hydrogen) atoms. The summed E-state index contributed by atoms with van der Waals surface area (Å²) in [6.45, 7) is 1.28. The van der Waals surface area contributed by atoms with Gasteiger partial charge in [-0.25, -0.2) is 4.79 Å². The van der Waals surface area contributed by atoms with Crippen molar-refractivity contribution in [2.45, 2.75) is 19.3 Å². The van der Waals surface area contributed by atoms with E-state index in [-0.39, 0.29) is 18.5 Å². The number of hydrogen-bond acceptors (Lipinski definition) is 3. The number of hydrogen-bond donors (Lipinski definition) is 2. The van der Waals surface area contributed by atoms with E-state index in [9.17, 15) is 9.59 Å². The minimum atomic E-state index is -0.253. The molecule has 0 unspecified atom stereocenters. The topological polar surface area (TPSA) is 70.7 Å². The zero-order valence-corrected chi connectivity index (χ0v) is 15.5. The van der Waals surface area contributed by atoms with Gasteiger partial charge in [-0.2, -0.15) is 0 Å². The van der Waals surface area contributed by atoms with E-state index in [1.54, 1.807) is 4.90 Å². The minimum Gasteiger partial charge on any atom is -0.375 e. The molecule has 1 heterocycles. The fourth-order valence-corrected chi connectivity index (χ4v) is 3.25. The van der Waals surface area contributed by atoms with Crippen LogP contribution < -0.4 is 15.5 Å². The molecule has 0 fully saturated rings. The highest BCUT2D eigenvalue weighted by Crippen LogP contribution is 2.30. The van der Waals surface area contributed by atoms with Crippen molar-refractivity contribution in [1.82, 2.24) is 5.32 Å². The van der Waals surface area contributed by atoms with Crippen LogP contribution in [0.3, 0.4) is 0 Å². The normalized spacial score (nSPS) is 13.0. The standard InChI is InChI=1S/C21H25N3O3/c1-27-15-20(25)24-13-5-8-17-9-10-18(14-19(17)24)23-21(26)22-12-11-16-6-3-2-4-7-16/h2-4,6-7,9-10,14H,5,8,11-13,15H2,1H3,(H2,22,23,26). The summed E-state index contributed by atoms with van der Waals surface area (Å²) in [6, 6.07) is 15.5. The Morgan fingerprint density at radius 1 is 1.15 bits per heavy atom. The van der Waals surface area contributed by atoms with Crippen LogP contribution in [0.5, 0.6) is 0 Å². The van der Waals surface area contributed by atoms with E-state index in [1.165, 1.54) is 12.7 Å². The number of benzene rings is 2. The van der Waals surface area contributed by atoms with Crippen LogP contribution in [0.25, 0.3) is 0 Å². The Hall–Kier alpha value is -2.86. The molecule has 0 aromatic heterocycles. The highest BCUT2D eigenvalue weighted by Gasteiger charge is 2.22. The second-order valence-corrected chi connectivity index (χ2v) is 6.54. The number of urea groups is 1. The molecule has 142 valence electrons. The molecule has 1 aliphatic rings. The molecule has 2 aromatic rings. The van der Waals surface area contributed by atoms with Crippen molar-refractivity contribution < 1.29 is 14.3 Å². The molecular formula is C21H25N3O3. The first kappa shape index (κ1) is 18.9. The van der Waals surface area contributed by atoms with Gasteiger partial charge in [-0.15, -0.1) is 0 Å². The first-order chi connectivity index (χ1) is 13.2. The number of ether oxygens (including phenoxy) is 1. The van der Waals surface area contributed by atoms with Crippen molar-refractivity contribution >= 4 is 23.3 Å². The summed E-state index contributed by atoms with van der Waals surface area (Å²) >= 11 is 0. The molecule has 6 nitrogen and oxygen atoms in total. The Balaban J connectivity index is 1.59. The van der Waals surface area contributed by atoms with Gasteiger partial charge in [-0.05, 0) is 42.5 Å². The van der Waals surface area contributed by atoms with Crippen LogP contribution >= 0.6 is 0 Å². The number of carbonyl (C=O) groups is 2. The molecule has 0 radical (unpaired) electrons. The van der Waals surface area contributed by atoms with Gasteiger partial charge in [0, 0.05) is 31.6 Å². The number of anilines is 2. The summed E-state index contributed by atoms with van der Waals surface area (Å²) in [5, 5.41) is 5.71. The fourth-order valence-electron chi connectivity index (χ4n) is 3.25. The van der Waals surface area contributed by atoms with Crippen LogP contribution in [0.4, 0.5) is 16.2 Å². The molecule has 0 saturated carbocycles. The Morgan fingerprint density at radius 2 is 1.96 bits per heavy atom. The van der Waals surface area contributed by atoms with Gasteiger partial charge in [0.05, 0.1) is 0 Å². The number of carbonyl (C=O) groups excluding carboxylic acids is 2. The highest BCUT2D eigenvalue weighted by atomic mass is 16.5. The predicted octanol–water partition coefficient (Wildman–Crippen LogP) is 2.98. The van der Waals surface area contributed by atoms with E-state index >= 15 is 0 Å². The largest absolute Gasteiger partial charge is 0.375 e. The molecule has 0 aliphatic carbocycles. The van der Waals surface area contributed by atoms with E-state index in [2.05, 4.69) is 10.6 Å². The molecule has 0 spiro atoms. The van der Waals surface area contributed by atoms with Gasteiger partial charge in [0.25, 0.3) is 5.91 Å². The van der Waals surface area contributed by atoms with Gasteiger partial charge in [-0.3, -0.25) is 4.79 Å². The Labute approximate surface area is 159 Å². The van der Waals surface area contributed by atoms with Crippen LogP contribution in [0.15, 0.2) is 48.5 Å². The van der Waals surface area contributed by atoms with E-state index < -0.39 is 0 Å². The van der Waals surface area contributed by atoms with Crippen molar-refractivity contribution in [3.8, 4) is 0 Å². The number of nitrogens with one attached hydrogen (secondary N) is 2. The molecule has 2 N–H and O–H groups in total. The number of amides is 3. The predicted molar refractivity (Wildman–Crippen MR) is 106 cm³/mol. The lowest BCUT2D eigenvalue weighted by Crippen LogP contribution is -2.38. The Kier molecular flexibility index (Phi) is 6.44. The molecule has 1 aliphatic heterocycles. The fraction of sp³-hybridized carbons (Fsp3) is 0.333. The second kappa shape index (κ2) is 9.19. The van der Waals surface area contributed by atoms with Crippen LogP contribution in [0.2, 0.25) is 0 Å². The second-order valence-electron chi connectivity index (χ2n) is 6.54. The van der Waals surface area contributed by atoms with Crippen LogP contribution in [0, 0.1) is 0 Å². The summed E-state index contributed by atoms with van der Waals surface area (Å²) in [4.78, 5) is 26.2. The molecule has 0 saturated heterocycles. The van der Waals surface area contributed by atoms with Crippen molar-refractivity contribution in [2.75, 3.05) is 37.0 Å². The third kappa shape index (κ3) is 5.08. The molecular weight excluding hydrogens is 342 g/mol. The van der Waals surface area contributed by atoms with Crippen LogP contribution in [-0.4, -0.2) is 38.7 Å². The van der Waals surface area contributed by atoms with Crippen LogP contribution in [0.1, 0.15) is 17.5 Å². The zero-order chi connectivity index (χ0) is 19.1. The van der Waals surface area contributed by atoms with Crippen molar-refractivity contribution in [1.29, 1.82) is 0 Å². The van der Waals surface area contributed by atoms with Gasteiger partial charge in [-0.1, -0.05) is 36.4 Å². The van der Waals surface area contributed by atoms with E-state index in [4.69, 9.17) is 4.74 Å². The monoisotopic (exact) mass is 367 g/mol. The highest BCUT2D eigenvalue weighted by molar-refractivity contribution is 5.97. The quantitative estimate of drug-likeness (QED) is 0.825. The van der Waals surface area contributed by atoms with Gasteiger partial charge < -0.3 is 20.3 Å². The summed E-state index contributed by atoms with van der Waals surface area (Å²) in [6.07, 6.45) is 2.63. The maximum atomic E-state index is 12.3. The molecule has 0 bridgehead atoms. The van der Waals surface area contributed by atoms with Crippen LogP contribution in [-0.2, 0) is 22.4 Å². The number of rotatable bonds is 6. The number of fused-ring (bicyclic) bond motifs is 1. The molecule has 6 heteroatoms. The Morgan fingerprint density at radius 3 is 2.74 bits per heavy atom. The lowest BCUT2D eigenvalue weighted by molar-refractivity contribution is -0.122. The first-order valence-electron chi connectivity index (χ1n) is 9.18. The average Bonchev–Trinajstić information content (AvgIpc) is 2.68. The molecule has 0 atom stereocenters. The Bertz CT molecular complexity index is 793. The summed E-state index contributed by atoms with van der Waals surface area (Å²) < 4.78 is 4.98. The third-order valence-corrected chi connectivity index (χ3v) is 4.57. The van der Waals surface area contributed by atoms with Gasteiger partial charge in [0.2, 0.25) is 0 Å². The van der Waals surface area contributed by atoms with Gasteiger partial charge in [0.15, 0.2) is 0 Å². The molecule has 2 aromatic carbocycles. The van der Waals surface area contributed by atoms with Crippen molar-refractivity contribution in [3.05, 3.63) is 59.7 Å². The SMILES string of the molecule is COCC(=O)N1CCCc2ccc(NC(=O)NCCc3ccccc3)cc21. The number of aryl methyl sites for hydroxylation is 1. The third-order valence-electron chi connectivity index (χ3n) is 4.57. The zero-order valence-electron chi connectivity index (χ0n) is 15.5. The summed E-state index contributed by atoms with van der Waals surface area (Å²) in [5.41, 5.74) is 3.81. The van der Waals surface area contributed by atoms with E-state index in [0.29, 0.717) is 18.8 Å². The lowest BCUT2D eigenvalue weighted by atomic mass is 10.0. The van der Waals surface area contributed by atoms with Crippen molar-refractivity contribution in [2.24, 2.45) is 0 Å². The maximum Gasteiger partial charge on any atom is 0.319 e. The molecule has 3 rings (SSSR count). The average molecular weight is 367 g/mol. The lowest BCUT2D eigenvalue weighted by Gasteiger charge is -2.29. The number of methoxy groups -OCH3 is 1.